The van der Waals surface area contributed by atoms with Gasteiger partial charge in [0.25, 0.3) is 0 Å². The fraction of sp³-hybridized carbons (Fsp3) is 0.400. The number of nitrogens with zero attached hydrogens (tertiary/aromatic N) is 1. The molecule has 2 saturated heterocycles. The molecule has 8 nitrogen and oxygen atoms in total. The summed E-state index contributed by atoms with van der Waals surface area (Å²) in [4.78, 5) is 38.9. The Morgan fingerprint density at radius 1 is 1.03 bits per heavy atom. The van der Waals surface area contributed by atoms with E-state index in [0.29, 0.717) is 6.54 Å². The standard InChI is InChI=1S/C25H27NO7S/c1-15-9-11-19(12-10-15)34-24-21-23(22(31-17(3)28)20(32-24)14-30-16(2)27)33-25(29)26(21)13-18-7-5-4-6-8-18/h4-12,20-24H,13-14H2,1-3H3/t20-,21-,22-,23-,24+/m1/s1. The van der Waals surface area contributed by atoms with Gasteiger partial charge in [-0.05, 0) is 24.6 Å². The summed E-state index contributed by atoms with van der Waals surface area (Å²) < 4.78 is 22.8. The van der Waals surface area contributed by atoms with Crippen LogP contribution in [-0.2, 0) is 35.1 Å². The molecule has 0 N–H and O–H groups in total. The Morgan fingerprint density at radius 3 is 2.38 bits per heavy atom. The molecule has 2 aliphatic rings. The number of benzene rings is 2. The highest BCUT2D eigenvalue weighted by atomic mass is 32.2. The third kappa shape index (κ3) is 5.53. The molecular formula is C25H27NO7S. The van der Waals surface area contributed by atoms with Crippen LogP contribution in [0.1, 0.15) is 25.0 Å². The van der Waals surface area contributed by atoms with Gasteiger partial charge in [0.2, 0.25) is 0 Å². The quantitative estimate of drug-likeness (QED) is 0.433. The molecule has 0 aromatic heterocycles. The van der Waals surface area contributed by atoms with E-state index in [0.717, 1.165) is 16.0 Å². The largest absolute Gasteiger partial charge is 0.463 e. The van der Waals surface area contributed by atoms with Crippen molar-refractivity contribution in [3.63, 3.8) is 0 Å². The van der Waals surface area contributed by atoms with Gasteiger partial charge in [-0.25, -0.2) is 4.79 Å². The van der Waals surface area contributed by atoms with E-state index in [-0.39, 0.29) is 6.61 Å². The number of ether oxygens (including phenoxy) is 4. The van der Waals surface area contributed by atoms with Gasteiger partial charge >= 0.3 is 18.0 Å². The molecule has 0 unspecified atom stereocenters. The Labute approximate surface area is 202 Å². The van der Waals surface area contributed by atoms with Crippen molar-refractivity contribution in [1.29, 1.82) is 0 Å². The Bertz CT molecular complexity index is 1030. The molecule has 0 aliphatic carbocycles. The van der Waals surface area contributed by atoms with Crippen LogP contribution in [0.3, 0.4) is 0 Å². The van der Waals surface area contributed by atoms with E-state index >= 15 is 0 Å². The molecule has 9 heteroatoms. The second-order valence-corrected chi connectivity index (χ2v) is 9.47. The normalized spacial score (nSPS) is 25.9. The first kappa shape index (κ1) is 24.1. The van der Waals surface area contributed by atoms with Crippen molar-refractivity contribution in [2.45, 2.75) is 62.0 Å². The zero-order valence-electron chi connectivity index (χ0n) is 19.2. The number of hydrogen-bond acceptors (Lipinski definition) is 8. The minimum atomic E-state index is -0.915. The van der Waals surface area contributed by atoms with E-state index in [4.69, 9.17) is 18.9 Å². The summed E-state index contributed by atoms with van der Waals surface area (Å²) in [5.74, 6) is -1.02. The van der Waals surface area contributed by atoms with Crippen LogP contribution in [0.25, 0.3) is 0 Å². The van der Waals surface area contributed by atoms with E-state index in [9.17, 15) is 14.4 Å². The van der Waals surface area contributed by atoms with Gasteiger partial charge in [-0.3, -0.25) is 14.5 Å². The first-order chi connectivity index (χ1) is 16.3. The average Bonchev–Trinajstić information content (AvgIpc) is 3.12. The average molecular weight is 486 g/mol. The monoisotopic (exact) mass is 485 g/mol. The van der Waals surface area contributed by atoms with Crippen LogP contribution in [0, 0.1) is 6.92 Å². The van der Waals surface area contributed by atoms with Crippen molar-refractivity contribution >= 4 is 29.8 Å². The number of esters is 2. The highest BCUT2D eigenvalue weighted by Crippen LogP contribution is 2.42. The van der Waals surface area contributed by atoms with E-state index in [1.807, 2.05) is 61.5 Å². The van der Waals surface area contributed by atoms with Gasteiger partial charge in [0.05, 0.1) is 0 Å². The molecule has 5 atom stereocenters. The van der Waals surface area contributed by atoms with Crippen molar-refractivity contribution < 1.29 is 33.3 Å². The smallest absolute Gasteiger partial charge is 0.411 e. The SMILES string of the molecule is CC(=O)OC[C@H]1O[C@@H](Sc2ccc(C)cc2)[C@H]2[C@@H](OC(=O)N2Cc2ccccc2)[C@@H]1OC(C)=O. The van der Waals surface area contributed by atoms with Crippen molar-refractivity contribution in [1.82, 2.24) is 4.90 Å². The number of rotatable bonds is 7. The highest BCUT2D eigenvalue weighted by Gasteiger charge is 2.58. The lowest BCUT2D eigenvalue weighted by molar-refractivity contribution is -0.196. The Hall–Kier alpha value is -3.04. The first-order valence-electron chi connectivity index (χ1n) is 11.0. The summed E-state index contributed by atoms with van der Waals surface area (Å²) in [5.41, 5.74) is 1.51. The van der Waals surface area contributed by atoms with Crippen molar-refractivity contribution in [2.75, 3.05) is 6.61 Å². The molecule has 2 heterocycles. The Balaban J connectivity index is 1.67. The maximum absolute atomic E-state index is 13.0. The molecule has 2 fully saturated rings. The zero-order valence-corrected chi connectivity index (χ0v) is 20.0. The van der Waals surface area contributed by atoms with Gasteiger partial charge in [-0.1, -0.05) is 59.8 Å². The van der Waals surface area contributed by atoms with Crippen LogP contribution in [0.4, 0.5) is 4.79 Å². The first-order valence-corrected chi connectivity index (χ1v) is 11.9. The second kappa shape index (κ2) is 10.5. The number of carbonyl (C=O) groups excluding carboxylic acids is 3. The van der Waals surface area contributed by atoms with Crippen LogP contribution in [-0.4, -0.2) is 59.3 Å². The van der Waals surface area contributed by atoms with Crippen LogP contribution >= 0.6 is 11.8 Å². The number of amides is 1. The van der Waals surface area contributed by atoms with Crippen molar-refractivity contribution in [3.8, 4) is 0 Å². The topological polar surface area (TPSA) is 91.4 Å². The van der Waals surface area contributed by atoms with E-state index in [1.165, 1.54) is 25.6 Å². The van der Waals surface area contributed by atoms with Gasteiger partial charge in [0.1, 0.15) is 24.2 Å². The maximum atomic E-state index is 13.0. The minimum absolute atomic E-state index is 0.127. The molecule has 2 aromatic rings. The fourth-order valence-corrected chi connectivity index (χ4v) is 5.33. The van der Waals surface area contributed by atoms with Crippen LogP contribution in [0.5, 0.6) is 0 Å². The Kier molecular flexibility index (Phi) is 7.43. The van der Waals surface area contributed by atoms with Gasteiger partial charge < -0.3 is 18.9 Å². The van der Waals surface area contributed by atoms with Gasteiger partial charge in [-0.15, -0.1) is 0 Å². The number of hydrogen-bond donors (Lipinski definition) is 0. The highest BCUT2D eigenvalue weighted by molar-refractivity contribution is 7.99. The van der Waals surface area contributed by atoms with Gasteiger partial charge in [0, 0.05) is 25.3 Å². The number of carbonyl (C=O) groups is 3. The minimum Gasteiger partial charge on any atom is -0.463 e. The molecule has 34 heavy (non-hydrogen) atoms. The fourth-order valence-electron chi connectivity index (χ4n) is 4.12. The van der Waals surface area contributed by atoms with E-state index < -0.39 is 47.8 Å². The molecule has 2 aromatic carbocycles. The maximum Gasteiger partial charge on any atom is 0.411 e. The predicted octanol–water partition coefficient (Wildman–Crippen LogP) is 3.70. The number of thioether (sulfide) groups is 1. The summed E-state index contributed by atoms with van der Waals surface area (Å²) in [6.45, 7) is 4.77. The summed E-state index contributed by atoms with van der Waals surface area (Å²) in [6, 6.07) is 17.0. The predicted molar refractivity (Wildman–Crippen MR) is 124 cm³/mol. The molecule has 0 bridgehead atoms. The molecule has 4 rings (SSSR count). The summed E-state index contributed by atoms with van der Waals surface area (Å²) in [7, 11) is 0. The van der Waals surface area contributed by atoms with Crippen LogP contribution in [0.15, 0.2) is 59.5 Å². The van der Waals surface area contributed by atoms with Crippen molar-refractivity contribution in [2.24, 2.45) is 0 Å². The Morgan fingerprint density at radius 2 is 1.74 bits per heavy atom. The van der Waals surface area contributed by atoms with Gasteiger partial charge in [0.15, 0.2) is 12.2 Å². The van der Waals surface area contributed by atoms with E-state index in [1.54, 1.807) is 4.90 Å². The zero-order chi connectivity index (χ0) is 24.2. The van der Waals surface area contributed by atoms with Crippen LogP contribution in [0.2, 0.25) is 0 Å². The molecular weight excluding hydrogens is 458 g/mol. The lowest BCUT2D eigenvalue weighted by atomic mass is 9.97. The summed E-state index contributed by atoms with van der Waals surface area (Å²) in [6.07, 6.45) is -3.00. The molecule has 0 radical (unpaired) electrons. The van der Waals surface area contributed by atoms with Crippen LogP contribution < -0.4 is 0 Å². The molecule has 180 valence electrons. The third-order valence-corrected chi connectivity index (χ3v) is 6.83. The molecule has 2 aliphatic heterocycles. The molecule has 0 spiro atoms. The number of fused-ring (bicyclic) bond motifs is 1. The summed E-state index contributed by atoms with van der Waals surface area (Å²) in [5, 5.41) is 0. The lowest BCUT2D eigenvalue weighted by Gasteiger charge is -2.43. The lowest BCUT2D eigenvalue weighted by Crippen LogP contribution is -2.60. The second-order valence-electron chi connectivity index (χ2n) is 8.30. The third-order valence-electron chi connectivity index (χ3n) is 5.67. The number of aryl methyl sites for hydroxylation is 1. The molecule has 1 amide bonds. The molecule has 0 saturated carbocycles. The summed E-state index contributed by atoms with van der Waals surface area (Å²) >= 11 is 1.45. The van der Waals surface area contributed by atoms with Crippen molar-refractivity contribution in [3.05, 3.63) is 65.7 Å². The van der Waals surface area contributed by atoms with E-state index in [2.05, 4.69) is 0 Å². The van der Waals surface area contributed by atoms with Gasteiger partial charge in [-0.2, -0.15) is 0 Å².